The fourth-order valence-corrected chi connectivity index (χ4v) is 2.26. The molecule has 1 unspecified atom stereocenters. The van der Waals surface area contributed by atoms with E-state index in [1.165, 1.54) is 0 Å². The monoisotopic (exact) mass is 198 g/mol. The van der Waals surface area contributed by atoms with Gasteiger partial charge in [0.2, 0.25) is 0 Å². The maximum Gasteiger partial charge on any atom is 0.257 e. The zero-order valence-corrected chi connectivity index (χ0v) is 7.00. The predicted octanol–water partition coefficient (Wildman–Crippen LogP) is 2.67. The van der Waals surface area contributed by atoms with Gasteiger partial charge in [-0.3, -0.25) is 0 Å². The molecule has 0 aliphatic heterocycles. The molecule has 0 radical (unpaired) electrons. The summed E-state index contributed by atoms with van der Waals surface area (Å²) in [5.41, 5.74) is -0.767. The van der Waals surface area contributed by atoms with Crippen LogP contribution >= 0.6 is 15.9 Å². The minimum Gasteiger partial charge on any atom is -0.206 e. The summed E-state index contributed by atoms with van der Waals surface area (Å²) in [7, 11) is 0. The highest BCUT2D eigenvalue weighted by atomic mass is 79.9. The van der Waals surface area contributed by atoms with Crippen molar-refractivity contribution in [3.63, 3.8) is 0 Å². The molecule has 9 heavy (non-hydrogen) atoms. The SMILES string of the molecule is CC1(C)C(CBr)C1(F)F. The van der Waals surface area contributed by atoms with Gasteiger partial charge >= 0.3 is 0 Å². The second-order valence-electron chi connectivity index (χ2n) is 3.05. The van der Waals surface area contributed by atoms with Gasteiger partial charge in [0.25, 0.3) is 5.92 Å². The maximum absolute atomic E-state index is 12.5. The Morgan fingerprint density at radius 2 is 1.78 bits per heavy atom. The average Bonchev–Trinajstić information content (AvgIpc) is 2.00. The Morgan fingerprint density at radius 1 is 1.44 bits per heavy atom. The summed E-state index contributed by atoms with van der Waals surface area (Å²) in [5.74, 6) is -2.89. The van der Waals surface area contributed by atoms with Crippen LogP contribution in [0.3, 0.4) is 0 Å². The van der Waals surface area contributed by atoms with Gasteiger partial charge in [-0.05, 0) is 0 Å². The van der Waals surface area contributed by atoms with Crippen LogP contribution in [-0.4, -0.2) is 11.3 Å². The Kier molecular flexibility index (Phi) is 1.39. The van der Waals surface area contributed by atoms with Crippen LogP contribution in [0.1, 0.15) is 13.8 Å². The number of hydrogen-bond donors (Lipinski definition) is 0. The molecule has 54 valence electrons. The zero-order valence-electron chi connectivity index (χ0n) is 5.42. The van der Waals surface area contributed by atoms with Crippen molar-refractivity contribution >= 4 is 15.9 Å². The molecule has 0 nitrogen and oxygen atoms in total. The Labute approximate surface area is 61.8 Å². The molecule has 1 rings (SSSR count). The molecule has 0 heterocycles. The van der Waals surface area contributed by atoms with E-state index in [1.807, 2.05) is 0 Å². The number of hydrogen-bond acceptors (Lipinski definition) is 0. The fourth-order valence-electron chi connectivity index (χ4n) is 1.05. The minimum atomic E-state index is -2.43. The summed E-state index contributed by atoms with van der Waals surface area (Å²) >= 11 is 3.05. The summed E-state index contributed by atoms with van der Waals surface area (Å²) in [6.07, 6.45) is 0. The lowest BCUT2D eigenvalue weighted by Crippen LogP contribution is -1.99. The lowest BCUT2D eigenvalue weighted by atomic mass is 10.1. The van der Waals surface area contributed by atoms with Crippen LogP contribution in [0.2, 0.25) is 0 Å². The van der Waals surface area contributed by atoms with Crippen molar-refractivity contribution < 1.29 is 8.78 Å². The highest BCUT2D eigenvalue weighted by molar-refractivity contribution is 9.09. The maximum atomic E-state index is 12.5. The van der Waals surface area contributed by atoms with Gasteiger partial charge in [0.05, 0.1) is 0 Å². The smallest absolute Gasteiger partial charge is 0.206 e. The van der Waals surface area contributed by atoms with Gasteiger partial charge in [0.15, 0.2) is 0 Å². The molecule has 0 aromatic heterocycles. The highest BCUT2D eigenvalue weighted by Crippen LogP contribution is 2.65. The van der Waals surface area contributed by atoms with Gasteiger partial charge in [-0.1, -0.05) is 29.8 Å². The Balaban J connectivity index is 2.66. The van der Waals surface area contributed by atoms with Crippen LogP contribution < -0.4 is 0 Å². The Hall–Kier alpha value is 0.340. The quantitative estimate of drug-likeness (QED) is 0.569. The third-order valence-electron chi connectivity index (χ3n) is 2.24. The van der Waals surface area contributed by atoms with E-state index in [0.29, 0.717) is 5.33 Å². The number of rotatable bonds is 1. The Morgan fingerprint density at radius 3 is 1.78 bits per heavy atom. The van der Waals surface area contributed by atoms with Gasteiger partial charge < -0.3 is 0 Å². The molecule has 0 spiro atoms. The molecule has 0 aromatic carbocycles. The van der Waals surface area contributed by atoms with Crippen LogP contribution in [0.15, 0.2) is 0 Å². The van der Waals surface area contributed by atoms with Gasteiger partial charge in [-0.15, -0.1) is 0 Å². The zero-order chi connectivity index (χ0) is 7.28. The molecule has 1 fully saturated rings. The first-order chi connectivity index (χ1) is 3.94. The number of halogens is 3. The third-order valence-corrected chi connectivity index (χ3v) is 2.89. The van der Waals surface area contributed by atoms with E-state index in [0.717, 1.165) is 0 Å². The standard InChI is InChI=1S/C6H9BrF2/c1-5(2)4(3-7)6(5,8)9/h4H,3H2,1-2H3. The van der Waals surface area contributed by atoms with Crippen molar-refractivity contribution in [1.82, 2.24) is 0 Å². The van der Waals surface area contributed by atoms with E-state index in [4.69, 9.17) is 0 Å². The average molecular weight is 199 g/mol. The van der Waals surface area contributed by atoms with Gasteiger partial charge in [-0.2, -0.15) is 0 Å². The van der Waals surface area contributed by atoms with Crippen molar-refractivity contribution in [2.45, 2.75) is 19.8 Å². The summed E-state index contributed by atoms with van der Waals surface area (Å²) in [5, 5.41) is 0.410. The van der Waals surface area contributed by atoms with Crippen molar-refractivity contribution in [1.29, 1.82) is 0 Å². The fraction of sp³-hybridized carbons (Fsp3) is 1.00. The molecular formula is C6H9BrF2. The number of alkyl halides is 3. The van der Waals surface area contributed by atoms with Crippen molar-refractivity contribution in [2.75, 3.05) is 5.33 Å². The van der Waals surface area contributed by atoms with Crippen molar-refractivity contribution in [2.24, 2.45) is 11.3 Å². The van der Waals surface area contributed by atoms with Gasteiger partial charge in [0, 0.05) is 16.7 Å². The summed E-state index contributed by atoms with van der Waals surface area (Å²) in [6, 6.07) is 0. The van der Waals surface area contributed by atoms with E-state index in [1.54, 1.807) is 13.8 Å². The van der Waals surface area contributed by atoms with Crippen LogP contribution in [-0.2, 0) is 0 Å². The molecule has 0 saturated heterocycles. The second-order valence-corrected chi connectivity index (χ2v) is 3.70. The van der Waals surface area contributed by atoms with Gasteiger partial charge in [0.1, 0.15) is 0 Å². The van der Waals surface area contributed by atoms with Crippen LogP contribution in [0.4, 0.5) is 8.78 Å². The minimum absolute atomic E-state index is 0.410. The molecule has 1 aliphatic rings. The first-order valence-corrected chi connectivity index (χ1v) is 4.00. The molecule has 0 aromatic rings. The lowest BCUT2D eigenvalue weighted by molar-refractivity contribution is 0.0687. The first kappa shape index (κ1) is 7.45. The molecule has 3 heteroatoms. The normalized spacial score (nSPS) is 36.3. The van der Waals surface area contributed by atoms with Crippen molar-refractivity contribution in [3.8, 4) is 0 Å². The molecule has 1 aliphatic carbocycles. The molecular weight excluding hydrogens is 190 g/mol. The highest BCUT2D eigenvalue weighted by Gasteiger charge is 2.74. The molecule has 1 atom stereocenters. The third kappa shape index (κ3) is 0.736. The van der Waals surface area contributed by atoms with E-state index >= 15 is 0 Å². The second kappa shape index (κ2) is 1.68. The van der Waals surface area contributed by atoms with Crippen molar-refractivity contribution in [3.05, 3.63) is 0 Å². The molecule has 0 amide bonds. The summed E-state index contributed by atoms with van der Waals surface area (Å²) < 4.78 is 25.1. The van der Waals surface area contributed by atoms with Crippen LogP contribution in [0, 0.1) is 11.3 Å². The van der Waals surface area contributed by atoms with Crippen LogP contribution in [0.5, 0.6) is 0 Å². The molecule has 1 saturated carbocycles. The predicted molar refractivity (Wildman–Crippen MR) is 36.0 cm³/mol. The first-order valence-electron chi connectivity index (χ1n) is 2.88. The van der Waals surface area contributed by atoms with E-state index in [-0.39, 0.29) is 0 Å². The van der Waals surface area contributed by atoms with E-state index in [2.05, 4.69) is 15.9 Å². The molecule has 0 bridgehead atoms. The van der Waals surface area contributed by atoms with Crippen LogP contribution in [0.25, 0.3) is 0 Å². The lowest BCUT2D eigenvalue weighted by Gasteiger charge is -1.96. The Bertz CT molecular complexity index is 117. The summed E-state index contributed by atoms with van der Waals surface area (Å²) in [4.78, 5) is 0. The van der Waals surface area contributed by atoms with Gasteiger partial charge in [-0.25, -0.2) is 8.78 Å². The summed E-state index contributed by atoms with van der Waals surface area (Å²) in [6.45, 7) is 3.19. The topological polar surface area (TPSA) is 0 Å². The van der Waals surface area contributed by atoms with E-state index < -0.39 is 17.3 Å². The molecule has 0 N–H and O–H groups in total. The largest absolute Gasteiger partial charge is 0.257 e. The van der Waals surface area contributed by atoms with E-state index in [9.17, 15) is 8.78 Å².